The van der Waals surface area contributed by atoms with Crippen LogP contribution in [0.1, 0.15) is 37.8 Å². The molecular formula is C16H19IO2. The maximum absolute atomic E-state index is 11.8. The minimum absolute atomic E-state index is 0.211. The van der Waals surface area contributed by atoms with Crippen molar-refractivity contribution in [2.75, 3.05) is 6.61 Å². The first-order valence-electron chi connectivity index (χ1n) is 6.45. The number of hydrogen-bond donors (Lipinski definition) is 0. The Morgan fingerprint density at radius 1 is 1.42 bits per heavy atom. The van der Waals surface area contributed by atoms with Crippen molar-refractivity contribution in [3.05, 3.63) is 39.0 Å². The van der Waals surface area contributed by atoms with Gasteiger partial charge in [0.05, 0.1) is 8.99 Å². The molecule has 1 fully saturated rings. The Morgan fingerprint density at radius 3 is 2.47 bits per heavy atom. The molecule has 2 rings (SSSR count). The highest BCUT2D eigenvalue weighted by molar-refractivity contribution is 14.1. The molecule has 0 spiro atoms. The minimum Gasteiger partial charge on any atom is -0.488 e. The van der Waals surface area contributed by atoms with Crippen LogP contribution in [0.3, 0.4) is 0 Å². The summed E-state index contributed by atoms with van der Waals surface area (Å²) in [6, 6.07) is 4.19. The summed E-state index contributed by atoms with van der Waals surface area (Å²) in [4.78, 5) is 11.8. The molecule has 0 amide bonds. The summed E-state index contributed by atoms with van der Waals surface area (Å²) in [5.74, 6) is 1.19. The van der Waals surface area contributed by atoms with Crippen LogP contribution in [0.4, 0.5) is 0 Å². The van der Waals surface area contributed by atoms with Gasteiger partial charge < -0.3 is 4.74 Å². The quantitative estimate of drug-likeness (QED) is 0.574. The van der Waals surface area contributed by atoms with E-state index in [2.05, 4.69) is 41.3 Å². The highest BCUT2D eigenvalue weighted by Crippen LogP contribution is 2.50. The van der Waals surface area contributed by atoms with Crippen molar-refractivity contribution in [1.82, 2.24) is 0 Å². The van der Waals surface area contributed by atoms with E-state index in [1.165, 1.54) is 0 Å². The highest BCUT2D eigenvalue weighted by atomic mass is 127. The monoisotopic (exact) mass is 370 g/mol. The van der Waals surface area contributed by atoms with Crippen LogP contribution in [0.25, 0.3) is 0 Å². The van der Waals surface area contributed by atoms with E-state index in [-0.39, 0.29) is 11.2 Å². The SMILES string of the molecule is C=C(C)COc1c(C)cc(C2(C(C)=O)CC2)cc1I. The molecule has 0 heterocycles. The summed E-state index contributed by atoms with van der Waals surface area (Å²) in [5.41, 5.74) is 3.03. The van der Waals surface area contributed by atoms with Gasteiger partial charge in [0.1, 0.15) is 18.1 Å². The predicted octanol–water partition coefficient (Wildman–Crippen LogP) is 4.18. The summed E-state index contributed by atoms with van der Waals surface area (Å²) >= 11 is 2.28. The Bertz CT molecular complexity index is 519. The Balaban J connectivity index is 2.32. The maximum atomic E-state index is 11.8. The molecule has 0 unspecified atom stereocenters. The number of ketones is 1. The number of aryl methyl sites for hydroxylation is 1. The molecule has 1 aromatic rings. The van der Waals surface area contributed by atoms with E-state index in [4.69, 9.17) is 4.74 Å². The third-order valence-electron chi connectivity index (χ3n) is 3.67. The second-order valence-corrected chi connectivity index (χ2v) is 6.65. The molecular weight excluding hydrogens is 351 g/mol. The number of rotatable bonds is 5. The van der Waals surface area contributed by atoms with Crippen molar-refractivity contribution in [3.8, 4) is 5.75 Å². The van der Waals surface area contributed by atoms with Gasteiger partial charge in [0, 0.05) is 0 Å². The Labute approximate surface area is 128 Å². The lowest BCUT2D eigenvalue weighted by atomic mass is 9.91. The van der Waals surface area contributed by atoms with Gasteiger partial charge in [-0.25, -0.2) is 0 Å². The molecule has 19 heavy (non-hydrogen) atoms. The van der Waals surface area contributed by atoms with E-state index >= 15 is 0 Å². The summed E-state index contributed by atoms with van der Waals surface area (Å²) in [6.07, 6.45) is 1.95. The number of Topliss-reactive ketones (excluding diaryl/α,β-unsaturated/α-hetero) is 1. The lowest BCUT2D eigenvalue weighted by Crippen LogP contribution is -2.17. The smallest absolute Gasteiger partial charge is 0.140 e. The van der Waals surface area contributed by atoms with Crippen LogP contribution < -0.4 is 4.74 Å². The van der Waals surface area contributed by atoms with E-state index in [0.717, 1.165) is 38.9 Å². The zero-order valence-electron chi connectivity index (χ0n) is 11.7. The van der Waals surface area contributed by atoms with Gasteiger partial charge in [-0.3, -0.25) is 4.79 Å². The number of hydrogen-bond acceptors (Lipinski definition) is 2. The van der Waals surface area contributed by atoms with Crippen molar-refractivity contribution < 1.29 is 9.53 Å². The van der Waals surface area contributed by atoms with Gasteiger partial charge in [0.15, 0.2) is 0 Å². The number of carbonyl (C=O) groups excluding carboxylic acids is 1. The van der Waals surface area contributed by atoms with Crippen LogP contribution in [0, 0.1) is 10.5 Å². The van der Waals surface area contributed by atoms with Gasteiger partial charge in [0.2, 0.25) is 0 Å². The van der Waals surface area contributed by atoms with Crippen molar-refractivity contribution in [2.45, 2.75) is 39.0 Å². The molecule has 0 bridgehead atoms. The van der Waals surface area contributed by atoms with Crippen molar-refractivity contribution in [2.24, 2.45) is 0 Å². The molecule has 3 heteroatoms. The molecule has 0 saturated heterocycles. The fourth-order valence-corrected chi connectivity index (χ4v) is 3.27. The summed E-state index contributed by atoms with van der Waals surface area (Å²) in [6.45, 7) is 10.1. The molecule has 1 aromatic carbocycles. The summed E-state index contributed by atoms with van der Waals surface area (Å²) in [7, 11) is 0. The first-order valence-corrected chi connectivity index (χ1v) is 7.53. The zero-order chi connectivity index (χ0) is 14.2. The maximum Gasteiger partial charge on any atom is 0.140 e. The van der Waals surface area contributed by atoms with E-state index in [0.29, 0.717) is 6.61 Å². The van der Waals surface area contributed by atoms with Crippen LogP contribution in [0.15, 0.2) is 24.3 Å². The standard InChI is InChI=1S/C16H19IO2/c1-10(2)9-19-15-11(3)7-13(8-14(15)17)16(5-6-16)12(4)18/h7-8H,1,5-6,9H2,2-4H3. The van der Waals surface area contributed by atoms with Crippen LogP contribution in [-0.4, -0.2) is 12.4 Å². The van der Waals surface area contributed by atoms with Gasteiger partial charge in [-0.2, -0.15) is 0 Å². The zero-order valence-corrected chi connectivity index (χ0v) is 13.8. The van der Waals surface area contributed by atoms with Gasteiger partial charge >= 0.3 is 0 Å². The van der Waals surface area contributed by atoms with Gasteiger partial charge in [-0.05, 0) is 79.0 Å². The highest BCUT2D eigenvalue weighted by Gasteiger charge is 2.49. The van der Waals surface area contributed by atoms with Crippen molar-refractivity contribution >= 4 is 28.4 Å². The fourth-order valence-electron chi connectivity index (χ4n) is 2.35. The van der Waals surface area contributed by atoms with E-state index in [1.54, 1.807) is 6.92 Å². The van der Waals surface area contributed by atoms with Crippen LogP contribution in [-0.2, 0) is 10.2 Å². The average molecular weight is 370 g/mol. The number of benzene rings is 1. The Hall–Kier alpha value is -0.840. The summed E-state index contributed by atoms with van der Waals surface area (Å²) < 4.78 is 6.86. The molecule has 2 nitrogen and oxygen atoms in total. The lowest BCUT2D eigenvalue weighted by Gasteiger charge is -2.17. The Morgan fingerprint density at radius 2 is 2.05 bits per heavy atom. The van der Waals surface area contributed by atoms with Crippen LogP contribution in [0.2, 0.25) is 0 Å². The third-order valence-corrected chi connectivity index (χ3v) is 4.47. The molecule has 1 aliphatic carbocycles. The number of halogens is 1. The van der Waals surface area contributed by atoms with Gasteiger partial charge in [-0.1, -0.05) is 12.6 Å². The fraction of sp³-hybridized carbons (Fsp3) is 0.438. The molecule has 102 valence electrons. The molecule has 0 aliphatic heterocycles. The van der Waals surface area contributed by atoms with Crippen molar-refractivity contribution in [1.29, 1.82) is 0 Å². The number of carbonyl (C=O) groups is 1. The van der Waals surface area contributed by atoms with Gasteiger partial charge in [-0.15, -0.1) is 0 Å². The van der Waals surface area contributed by atoms with E-state index in [1.807, 2.05) is 13.8 Å². The summed E-state index contributed by atoms with van der Waals surface area (Å²) in [5, 5.41) is 0. The first kappa shape index (κ1) is 14.6. The molecule has 0 radical (unpaired) electrons. The minimum atomic E-state index is -0.211. The first-order chi connectivity index (χ1) is 8.86. The second kappa shape index (κ2) is 5.27. The molecule has 0 aromatic heterocycles. The Kier molecular flexibility index (Phi) is 4.04. The third kappa shape index (κ3) is 2.86. The molecule has 0 atom stereocenters. The van der Waals surface area contributed by atoms with Gasteiger partial charge in [0.25, 0.3) is 0 Å². The second-order valence-electron chi connectivity index (χ2n) is 5.49. The molecule has 0 N–H and O–H groups in total. The topological polar surface area (TPSA) is 26.3 Å². The van der Waals surface area contributed by atoms with Crippen LogP contribution >= 0.6 is 22.6 Å². The van der Waals surface area contributed by atoms with E-state index in [9.17, 15) is 4.79 Å². The lowest BCUT2D eigenvalue weighted by molar-refractivity contribution is -0.119. The molecule has 1 aliphatic rings. The normalized spacial score (nSPS) is 16.0. The largest absolute Gasteiger partial charge is 0.488 e. The van der Waals surface area contributed by atoms with E-state index < -0.39 is 0 Å². The van der Waals surface area contributed by atoms with Crippen molar-refractivity contribution in [3.63, 3.8) is 0 Å². The molecule has 1 saturated carbocycles. The van der Waals surface area contributed by atoms with Crippen LogP contribution in [0.5, 0.6) is 5.75 Å². The predicted molar refractivity (Wildman–Crippen MR) is 85.8 cm³/mol. The average Bonchev–Trinajstić information content (AvgIpc) is 3.08. The number of ether oxygens (including phenoxy) is 1.